The van der Waals surface area contributed by atoms with Crippen LogP contribution in [0.3, 0.4) is 0 Å². The Kier molecular flexibility index (Phi) is 3.85. The molecule has 3 aromatic rings. The van der Waals surface area contributed by atoms with Crippen molar-refractivity contribution in [1.82, 2.24) is 19.8 Å². The first-order chi connectivity index (χ1) is 12.1. The van der Waals surface area contributed by atoms with E-state index < -0.39 is 4.92 Å². The summed E-state index contributed by atoms with van der Waals surface area (Å²) in [5.41, 5.74) is 1.52. The van der Waals surface area contributed by atoms with Crippen molar-refractivity contribution >= 4 is 34.4 Å². The van der Waals surface area contributed by atoms with Crippen molar-refractivity contribution in [3.8, 4) is 0 Å². The molecular weight excluding hydrogens is 346 g/mol. The van der Waals surface area contributed by atoms with E-state index >= 15 is 0 Å². The molecule has 25 heavy (non-hydrogen) atoms. The Bertz CT molecular complexity index is 937. The van der Waals surface area contributed by atoms with Crippen molar-refractivity contribution < 1.29 is 4.92 Å². The van der Waals surface area contributed by atoms with Gasteiger partial charge in [0.15, 0.2) is 5.65 Å². The maximum absolute atomic E-state index is 10.8. The zero-order valence-corrected chi connectivity index (χ0v) is 13.9. The van der Waals surface area contributed by atoms with Crippen LogP contribution in [0.15, 0.2) is 36.7 Å². The Hall–Kier alpha value is -2.94. The van der Waals surface area contributed by atoms with Gasteiger partial charge in [-0.2, -0.15) is 4.52 Å². The summed E-state index contributed by atoms with van der Waals surface area (Å²) in [6, 6.07) is 8.39. The number of nitrogens with zero attached hydrogens (tertiary/aromatic N) is 7. The molecule has 2 aromatic heterocycles. The van der Waals surface area contributed by atoms with Crippen LogP contribution < -0.4 is 9.80 Å². The van der Waals surface area contributed by atoms with Crippen molar-refractivity contribution in [3.05, 3.63) is 51.8 Å². The number of hydrogen-bond donors (Lipinski definition) is 0. The van der Waals surface area contributed by atoms with Gasteiger partial charge in [0.25, 0.3) is 5.69 Å². The topological polar surface area (TPSA) is 92.7 Å². The van der Waals surface area contributed by atoms with Crippen LogP contribution in [0.5, 0.6) is 0 Å². The van der Waals surface area contributed by atoms with Crippen molar-refractivity contribution in [2.45, 2.75) is 0 Å². The Morgan fingerprint density at radius 1 is 1.08 bits per heavy atom. The van der Waals surface area contributed by atoms with E-state index in [0.717, 1.165) is 37.7 Å². The molecule has 0 saturated carbocycles. The number of rotatable bonds is 3. The van der Waals surface area contributed by atoms with Crippen LogP contribution in [0.4, 0.5) is 17.2 Å². The predicted molar refractivity (Wildman–Crippen MR) is 93.3 cm³/mol. The first-order valence-corrected chi connectivity index (χ1v) is 8.10. The number of aromatic nitrogens is 4. The van der Waals surface area contributed by atoms with Crippen LogP contribution in [-0.4, -0.2) is 50.9 Å². The maximum Gasteiger partial charge on any atom is 0.271 e. The molecule has 128 valence electrons. The fourth-order valence-corrected chi connectivity index (χ4v) is 3.22. The number of nitro groups is 1. The summed E-state index contributed by atoms with van der Waals surface area (Å²) < 4.78 is 1.65. The average Bonchev–Trinajstić information content (AvgIpc) is 3.09. The quantitative estimate of drug-likeness (QED) is 0.521. The monoisotopic (exact) mass is 359 g/mol. The number of benzene rings is 1. The third kappa shape index (κ3) is 2.93. The van der Waals surface area contributed by atoms with E-state index in [1.807, 2.05) is 12.1 Å². The lowest BCUT2D eigenvalue weighted by molar-refractivity contribution is -0.384. The van der Waals surface area contributed by atoms with E-state index in [0.29, 0.717) is 10.7 Å². The molecule has 0 amide bonds. The van der Waals surface area contributed by atoms with E-state index in [1.54, 1.807) is 16.9 Å². The van der Waals surface area contributed by atoms with Gasteiger partial charge in [-0.05, 0) is 18.2 Å². The number of piperazine rings is 1. The van der Waals surface area contributed by atoms with Crippen LogP contribution in [0.25, 0.3) is 5.65 Å². The molecular formula is C15H14ClN7O2. The zero-order chi connectivity index (χ0) is 17.4. The van der Waals surface area contributed by atoms with Crippen molar-refractivity contribution in [1.29, 1.82) is 0 Å². The minimum atomic E-state index is -0.444. The number of fused-ring (bicyclic) bond motifs is 1. The highest BCUT2D eigenvalue weighted by molar-refractivity contribution is 6.33. The molecule has 0 spiro atoms. The van der Waals surface area contributed by atoms with Crippen LogP contribution in [0.2, 0.25) is 5.02 Å². The zero-order valence-electron chi connectivity index (χ0n) is 13.1. The minimum absolute atomic E-state index is 0.00108. The fraction of sp³-hybridized carbons (Fsp3) is 0.267. The number of anilines is 2. The normalized spacial score (nSPS) is 14.9. The fourth-order valence-electron chi connectivity index (χ4n) is 2.93. The maximum atomic E-state index is 10.8. The second kappa shape index (κ2) is 6.17. The molecule has 9 nitrogen and oxygen atoms in total. The highest BCUT2D eigenvalue weighted by Crippen LogP contribution is 2.30. The summed E-state index contributed by atoms with van der Waals surface area (Å²) in [4.78, 5) is 14.7. The highest BCUT2D eigenvalue weighted by Gasteiger charge is 2.21. The lowest BCUT2D eigenvalue weighted by Crippen LogP contribution is -2.47. The molecule has 4 rings (SSSR count). The Balaban J connectivity index is 1.48. The molecule has 1 aliphatic heterocycles. The van der Waals surface area contributed by atoms with E-state index in [2.05, 4.69) is 25.1 Å². The molecule has 0 bridgehead atoms. The predicted octanol–water partition coefficient (Wildman–Crippen LogP) is 2.01. The first-order valence-electron chi connectivity index (χ1n) is 7.73. The van der Waals surface area contributed by atoms with E-state index in [4.69, 9.17) is 11.6 Å². The molecule has 1 aliphatic rings. The molecule has 1 fully saturated rings. The largest absolute Gasteiger partial charge is 0.367 e. The van der Waals surface area contributed by atoms with Crippen molar-refractivity contribution in [3.63, 3.8) is 0 Å². The van der Waals surface area contributed by atoms with Crippen LogP contribution in [0, 0.1) is 10.1 Å². The summed E-state index contributed by atoms with van der Waals surface area (Å²) in [6.45, 7) is 3.04. The number of halogens is 1. The first kappa shape index (κ1) is 15.6. The molecule has 1 saturated heterocycles. The standard InChI is InChI=1S/C15H14ClN7O2/c16-12-9-11(23(24)25)1-2-13(12)20-5-7-21(8-6-20)15-4-3-14-18-17-10-22(14)19-15/h1-4,9-10H,5-8H2. The van der Waals surface area contributed by atoms with E-state index in [9.17, 15) is 10.1 Å². The van der Waals surface area contributed by atoms with Gasteiger partial charge in [0.05, 0.1) is 15.6 Å². The molecule has 1 aromatic carbocycles. The number of nitro benzene ring substituents is 1. The van der Waals surface area contributed by atoms with Gasteiger partial charge >= 0.3 is 0 Å². The van der Waals surface area contributed by atoms with Gasteiger partial charge in [0.1, 0.15) is 12.1 Å². The summed E-state index contributed by atoms with van der Waals surface area (Å²) in [5.74, 6) is 0.863. The molecule has 0 aliphatic carbocycles. The summed E-state index contributed by atoms with van der Waals surface area (Å²) in [6.07, 6.45) is 1.58. The second-order valence-corrected chi connectivity index (χ2v) is 6.10. The average molecular weight is 360 g/mol. The summed E-state index contributed by atoms with van der Waals surface area (Å²) >= 11 is 6.22. The molecule has 0 atom stereocenters. The van der Waals surface area contributed by atoms with Gasteiger partial charge in [0, 0.05) is 38.3 Å². The number of hydrogen-bond acceptors (Lipinski definition) is 7. The van der Waals surface area contributed by atoms with E-state index in [-0.39, 0.29) is 5.69 Å². The Labute approximate surface area is 147 Å². The highest BCUT2D eigenvalue weighted by atomic mass is 35.5. The molecule has 0 N–H and O–H groups in total. The van der Waals surface area contributed by atoms with E-state index in [1.165, 1.54) is 12.1 Å². The SMILES string of the molecule is O=[N+]([O-])c1ccc(N2CCN(c3ccc4nncn4n3)CC2)c(Cl)c1. The molecule has 3 heterocycles. The minimum Gasteiger partial charge on any atom is -0.367 e. The van der Waals surface area contributed by atoms with Crippen LogP contribution >= 0.6 is 11.6 Å². The third-order valence-corrected chi connectivity index (χ3v) is 4.54. The van der Waals surface area contributed by atoms with Crippen LogP contribution in [-0.2, 0) is 0 Å². The molecule has 0 radical (unpaired) electrons. The second-order valence-electron chi connectivity index (χ2n) is 5.69. The van der Waals surface area contributed by atoms with Gasteiger partial charge < -0.3 is 9.80 Å². The smallest absolute Gasteiger partial charge is 0.271 e. The lowest BCUT2D eigenvalue weighted by atomic mass is 10.2. The van der Waals surface area contributed by atoms with Gasteiger partial charge in [-0.1, -0.05) is 11.6 Å². The van der Waals surface area contributed by atoms with Gasteiger partial charge in [0.2, 0.25) is 0 Å². The van der Waals surface area contributed by atoms with Gasteiger partial charge in [-0.15, -0.1) is 15.3 Å². The lowest BCUT2D eigenvalue weighted by Gasteiger charge is -2.36. The molecule has 0 unspecified atom stereocenters. The van der Waals surface area contributed by atoms with Gasteiger partial charge in [-0.3, -0.25) is 10.1 Å². The Morgan fingerprint density at radius 2 is 1.84 bits per heavy atom. The molecule has 10 heteroatoms. The number of non-ortho nitro benzene ring substituents is 1. The summed E-state index contributed by atoms with van der Waals surface area (Å²) in [7, 11) is 0. The Morgan fingerprint density at radius 3 is 2.56 bits per heavy atom. The summed E-state index contributed by atoms with van der Waals surface area (Å²) in [5, 5.41) is 23.5. The third-order valence-electron chi connectivity index (χ3n) is 4.23. The van der Waals surface area contributed by atoms with Gasteiger partial charge in [-0.25, -0.2) is 0 Å². The van der Waals surface area contributed by atoms with Crippen molar-refractivity contribution in [2.24, 2.45) is 0 Å². The van der Waals surface area contributed by atoms with Crippen molar-refractivity contribution in [2.75, 3.05) is 36.0 Å². The van der Waals surface area contributed by atoms with Crippen LogP contribution in [0.1, 0.15) is 0 Å².